The smallest absolute Gasteiger partial charge is 0.207 e. The molecule has 0 radical (unpaired) electrons. The molecule has 1 aliphatic carbocycles. The lowest BCUT2D eigenvalue weighted by Crippen LogP contribution is -2.16. The number of amides is 1. The molecular formula is C22H20N4O2S. The highest BCUT2D eigenvalue weighted by molar-refractivity contribution is 7.17. The van der Waals surface area contributed by atoms with Crippen LogP contribution in [-0.2, 0) is 11.2 Å². The van der Waals surface area contributed by atoms with Gasteiger partial charge in [0.15, 0.2) is 0 Å². The van der Waals surface area contributed by atoms with E-state index in [0.29, 0.717) is 11.3 Å². The first kappa shape index (κ1) is 19.1. The van der Waals surface area contributed by atoms with Gasteiger partial charge in [-0.15, -0.1) is 10.2 Å². The molecular weight excluding hydrogens is 384 g/mol. The minimum Gasteiger partial charge on any atom is -0.490 e. The zero-order valence-corrected chi connectivity index (χ0v) is 17.0. The van der Waals surface area contributed by atoms with E-state index in [0.717, 1.165) is 46.0 Å². The fourth-order valence-electron chi connectivity index (χ4n) is 3.67. The van der Waals surface area contributed by atoms with Crippen LogP contribution in [0.5, 0.6) is 5.75 Å². The van der Waals surface area contributed by atoms with Crippen molar-refractivity contribution < 1.29 is 9.53 Å². The molecule has 1 atom stereocenters. The zero-order valence-electron chi connectivity index (χ0n) is 16.2. The third-order valence-electron chi connectivity index (χ3n) is 4.90. The van der Waals surface area contributed by atoms with Gasteiger partial charge in [-0.3, -0.25) is 4.79 Å². The highest BCUT2D eigenvalue weighted by atomic mass is 32.1. The molecule has 0 spiro atoms. The number of ether oxygens (including phenoxy) is 1. The molecule has 29 heavy (non-hydrogen) atoms. The average molecular weight is 404 g/mol. The zero-order chi connectivity index (χ0) is 20.4. The molecule has 4 rings (SSSR count). The lowest BCUT2D eigenvalue weighted by molar-refractivity contribution is -0.110. The van der Waals surface area contributed by atoms with Crippen molar-refractivity contribution in [2.24, 2.45) is 0 Å². The quantitative estimate of drug-likeness (QED) is 0.620. The number of carbonyl (C=O) groups is 1. The van der Waals surface area contributed by atoms with Gasteiger partial charge in [-0.1, -0.05) is 29.5 Å². The fraction of sp³-hybridized carbons (Fsp3) is 0.273. The van der Waals surface area contributed by atoms with Crippen LogP contribution in [0.25, 0.3) is 21.1 Å². The third-order valence-corrected chi connectivity index (χ3v) is 5.91. The monoisotopic (exact) mass is 404 g/mol. The molecule has 0 saturated carbocycles. The van der Waals surface area contributed by atoms with Gasteiger partial charge >= 0.3 is 0 Å². The Morgan fingerprint density at radius 1 is 1.28 bits per heavy atom. The van der Waals surface area contributed by atoms with Crippen molar-refractivity contribution in [1.82, 2.24) is 15.5 Å². The first-order valence-corrected chi connectivity index (χ1v) is 10.3. The Morgan fingerprint density at radius 2 is 2.10 bits per heavy atom. The predicted octanol–water partition coefficient (Wildman–Crippen LogP) is 4.26. The maximum absolute atomic E-state index is 10.9. The molecule has 6 nitrogen and oxygen atoms in total. The molecule has 0 bridgehead atoms. The van der Waals surface area contributed by atoms with Gasteiger partial charge in [-0.05, 0) is 56.0 Å². The van der Waals surface area contributed by atoms with E-state index >= 15 is 0 Å². The fourth-order valence-corrected chi connectivity index (χ4v) is 4.56. The predicted molar refractivity (Wildman–Crippen MR) is 112 cm³/mol. The SMILES string of the molecule is CC(C)Oc1ccc(-c2nnc(-c3cccc4c3CC[C@@H]4NC=O)s2)cc1C#N. The Bertz CT molecular complexity index is 1100. The van der Waals surface area contributed by atoms with Crippen molar-refractivity contribution in [1.29, 1.82) is 5.26 Å². The Balaban J connectivity index is 1.67. The highest BCUT2D eigenvalue weighted by Gasteiger charge is 2.25. The number of hydrogen-bond acceptors (Lipinski definition) is 6. The number of aromatic nitrogens is 2. The lowest BCUT2D eigenvalue weighted by atomic mass is 10.0. The van der Waals surface area contributed by atoms with Gasteiger partial charge in [0.1, 0.15) is 21.8 Å². The number of fused-ring (bicyclic) bond motifs is 1. The van der Waals surface area contributed by atoms with Crippen molar-refractivity contribution in [2.75, 3.05) is 0 Å². The summed E-state index contributed by atoms with van der Waals surface area (Å²) in [7, 11) is 0. The molecule has 0 unspecified atom stereocenters. The van der Waals surface area contributed by atoms with E-state index in [9.17, 15) is 10.1 Å². The molecule has 1 amide bonds. The summed E-state index contributed by atoms with van der Waals surface area (Å²) in [5.41, 5.74) is 4.74. The van der Waals surface area contributed by atoms with Crippen LogP contribution in [0.2, 0.25) is 0 Å². The average Bonchev–Trinajstić information content (AvgIpc) is 3.36. The molecule has 1 aliphatic rings. The number of hydrogen-bond donors (Lipinski definition) is 1. The van der Waals surface area contributed by atoms with Crippen LogP contribution in [-0.4, -0.2) is 22.7 Å². The minimum atomic E-state index is -0.00112. The van der Waals surface area contributed by atoms with Crippen LogP contribution in [0.3, 0.4) is 0 Å². The first-order chi connectivity index (χ1) is 14.1. The van der Waals surface area contributed by atoms with Gasteiger partial charge in [0.05, 0.1) is 17.7 Å². The Morgan fingerprint density at radius 3 is 2.86 bits per heavy atom. The normalized spacial score (nSPS) is 15.0. The summed E-state index contributed by atoms with van der Waals surface area (Å²) < 4.78 is 5.70. The number of rotatable bonds is 6. The minimum absolute atomic E-state index is 0.00112. The second-order valence-electron chi connectivity index (χ2n) is 7.15. The van der Waals surface area contributed by atoms with Gasteiger partial charge in [-0.2, -0.15) is 5.26 Å². The van der Waals surface area contributed by atoms with Crippen molar-refractivity contribution in [3.8, 4) is 33.0 Å². The standard InChI is InChI=1S/C22H20N4O2S/c1-13(2)28-20-9-6-14(10-15(20)11-23)21-25-26-22(29-21)18-5-3-4-17-16(18)7-8-19(17)24-12-27/h3-6,9-10,12-13,19H,7-8H2,1-2H3,(H,24,27)/t19-/m0/s1. The number of nitrogens with zero attached hydrogens (tertiary/aromatic N) is 3. The summed E-state index contributed by atoms with van der Waals surface area (Å²) in [4.78, 5) is 10.9. The van der Waals surface area contributed by atoms with Crippen LogP contribution in [0.1, 0.15) is 43.0 Å². The van der Waals surface area contributed by atoms with Crippen molar-refractivity contribution in [2.45, 2.75) is 38.8 Å². The van der Waals surface area contributed by atoms with Gasteiger partial charge in [-0.25, -0.2) is 0 Å². The summed E-state index contributed by atoms with van der Waals surface area (Å²) in [6.07, 6.45) is 2.54. The molecule has 0 fully saturated rings. The van der Waals surface area contributed by atoms with Gasteiger partial charge in [0, 0.05) is 11.1 Å². The van der Waals surface area contributed by atoms with Crippen LogP contribution in [0.4, 0.5) is 0 Å². The molecule has 1 aromatic heterocycles. The van der Waals surface area contributed by atoms with Crippen LogP contribution < -0.4 is 10.1 Å². The summed E-state index contributed by atoms with van der Waals surface area (Å²) in [5.74, 6) is 0.575. The van der Waals surface area contributed by atoms with Gasteiger partial charge in [0.25, 0.3) is 0 Å². The molecule has 0 aliphatic heterocycles. The second kappa shape index (κ2) is 8.02. The summed E-state index contributed by atoms with van der Waals surface area (Å²) in [5, 5.41) is 22.7. The molecule has 0 saturated heterocycles. The van der Waals surface area contributed by atoms with Crippen LogP contribution in [0.15, 0.2) is 36.4 Å². The first-order valence-electron chi connectivity index (χ1n) is 9.47. The van der Waals surface area contributed by atoms with Crippen molar-refractivity contribution in [3.05, 3.63) is 53.1 Å². The summed E-state index contributed by atoms with van der Waals surface area (Å²) in [6, 6.07) is 13.9. The van der Waals surface area contributed by atoms with E-state index in [1.54, 1.807) is 6.07 Å². The maximum Gasteiger partial charge on any atom is 0.207 e. The Hall–Kier alpha value is -3.24. The number of nitrogens with one attached hydrogen (secondary N) is 1. The van der Waals surface area contributed by atoms with Gasteiger partial charge in [0.2, 0.25) is 6.41 Å². The molecule has 3 aromatic rings. The maximum atomic E-state index is 10.9. The number of carbonyl (C=O) groups excluding carboxylic acids is 1. The van der Waals surface area contributed by atoms with E-state index in [-0.39, 0.29) is 12.1 Å². The van der Waals surface area contributed by atoms with Crippen molar-refractivity contribution in [3.63, 3.8) is 0 Å². The summed E-state index contributed by atoms with van der Waals surface area (Å²) >= 11 is 1.50. The van der Waals surface area contributed by atoms with Gasteiger partial charge < -0.3 is 10.1 Å². The molecule has 2 aromatic carbocycles. The van der Waals surface area contributed by atoms with E-state index in [2.05, 4.69) is 27.6 Å². The number of nitriles is 1. The molecule has 1 heterocycles. The van der Waals surface area contributed by atoms with E-state index < -0.39 is 0 Å². The highest BCUT2D eigenvalue weighted by Crippen LogP contribution is 2.40. The van der Waals surface area contributed by atoms with Crippen LogP contribution >= 0.6 is 11.3 Å². The Kier molecular flexibility index (Phi) is 5.28. The second-order valence-corrected chi connectivity index (χ2v) is 8.13. The Labute approximate surface area is 173 Å². The topological polar surface area (TPSA) is 87.9 Å². The van der Waals surface area contributed by atoms with E-state index in [1.165, 1.54) is 16.9 Å². The summed E-state index contributed by atoms with van der Waals surface area (Å²) in [6.45, 7) is 3.86. The molecule has 146 valence electrons. The molecule has 1 N–H and O–H groups in total. The molecule has 7 heteroatoms. The third kappa shape index (κ3) is 3.71. The number of benzene rings is 2. The van der Waals surface area contributed by atoms with E-state index in [1.807, 2.05) is 38.1 Å². The van der Waals surface area contributed by atoms with E-state index in [4.69, 9.17) is 4.74 Å². The lowest BCUT2D eigenvalue weighted by Gasteiger charge is -2.11. The van der Waals surface area contributed by atoms with Crippen molar-refractivity contribution >= 4 is 17.7 Å². The van der Waals surface area contributed by atoms with Crippen LogP contribution in [0, 0.1) is 11.3 Å². The largest absolute Gasteiger partial charge is 0.490 e.